The van der Waals surface area contributed by atoms with Crippen LogP contribution in [-0.4, -0.2) is 37.9 Å². The van der Waals surface area contributed by atoms with Gasteiger partial charge in [-0.3, -0.25) is 4.99 Å². The van der Waals surface area contributed by atoms with Crippen LogP contribution in [0.1, 0.15) is 29.9 Å². The summed E-state index contributed by atoms with van der Waals surface area (Å²) in [5.74, 6) is 1.52. The van der Waals surface area contributed by atoms with E-state index in [2.05, 4.69) is 22.4 Å². The Labute approximate surface area is 108 Å². The predicted molar refractivity (Wildman–Crippen MR) is 70.8 cm³/mol. The maximum Gasteiger partial charge on any atom is 0.188 e. The van der Waals surface area contributed by atoms with E-state index < -0.39 is 0 Å². The molecule has 0 saturated carbocycles. The van der Waals surface area contributed by atoms with Crippen LogP contribution in [0.5, 0.6) is 0 Å². The monoisotopic (exact) mass is 254 g/mol. The molecule has 1 unspecified atom stereocenters. The van der Waals surface area contributed by atoms with Crippen molar-refractivity contribution in [1.29, 1.82) is 0 Å². The number of aromatic nitrogens is 1. The molecule has 0 spiro atoms. The third-order valence-electron chi connectivity index (χ3n) is 2.73. The molecule has 3 N–H and O–H groups in total. The van der Waals surface area contributed by atoms with Gasteiger partial charge in [-0.05, 0) is 13.8 Å². The summed E-state index contributed by atoms with van der Waals surface area (Å²) in [6.07, 6.45) is 0. The van der Waals surface area contributed by atoms with Gasteiger partial charge in [0, 0.05) is 31.7 Å². The number of nitrogens with two attached hydrogens (primary N) is 1. The Morgan fingerprint density at radius 2 is 2.28 bits per heavy atom. The number of rotatable bonds is 6. The van der Waals surface area contributed by atoms with Crippen molar-refractivity contribution in [2.45, 2.75) is 26.7 Å². The molecule has 1 aromatic rings. The lowest BCUT2D eigenvalue weighted by Gasteiger charge is -2.09. The van der Waals surface area contributed by atoms with Crippen molar-refractivity contribution < 1.29 is 9.26 Å². The van der Waals surface area contributed by atoms with Crippen LogP contribution < -0.4 is 11.1 Å². The second kappa shape index (κ2) is 7.00. The molecule has 1 rings (SSSR count). The quantitative estimate of drug-likeness (QED) is 0.448. The van der Waals surface area contributed by atoms with Gasteiger partial charge in [-0.15, -0.1) is 0 Å². The van der Waals surface area contributed by atoms with Crippen LogP contribution >= 0.6 is 0 Å². The first-order valence-electron chi connectivity index (χ1n) is 6.01. The summed E-state index contributed by atoms with van der Waals surface area (Å²) >= 11 is 0. The third kappa shape index (κ3) is 4.03. The summed E-state index contributed by atoms with van der Waals surface area (Å²) in [5, 5.41) is 6.92. The highest BCUT2D eigenvalue weighted by Gasteiger charge is 2.15. The smallest absolute Gasteiger partial charge is 0.188 e. The average Bonchev–Trinajstić information content (AvgIpc) is 2.66. The highest BCUT2D eigenvalue weighted by atomic mass is 16.5. The van der Waals surface area contributed by atoms with Gasteiger partial charge >= 0.3 is 0 Å². The molecule has 6 nitrogen and oxygen atoms in total. The van der Waals surface area contributed by atoms with E-state index in [-0.39, 0.29) is 5.92 Å². The average molecular weight is 254 g/mol. The van der Waals surface area contributed by atoms with E-state index >= 15 is 0 Å². The third-order valence-corrected chi connectivity index (χ3v) is 2.73. The van der Waals surface area contributed by atoms with E-state index in [1.807, 2.05) is 13.8 Å². The highest BCUT2D eigenvalue weighted by molar-refractivity contribution is 5.77. The Hall–Kier alpha value is -1.56. The van der Waals surface area contributed by atoms with E-state index in [1.165, 1.54) is 0 Å². The molecule has 0 amide bonds. The Balaban J connectivity index is 2.50. The summed E-state index contributed by atoms with van der Waals surface area (Å²) in [7, 11) is 1.65. The Kier molecular flexibility index (Phi) is 5.64. The molecule has 0 radical (unpaired) electrons. The number of methoxy groups -OCH3 is 1. The second-order valence-electron chi connectivity index (χ2n) is 4.28. The molecule has 0 bridgehead atoms. The van der Waals surface area contributed by atoms with Crippen LogP contribution in [-0.2, 0) is 4.74 Å². The highest BCUT2D eigenvalue weighted by Crippen LogP contribution is 2.22. The van der Waals surface area contributed by atoms with E-state index in [0.717, 1.165) is 17.0 Å². The van der Waals surface area contributed by atoms with Crippen LogP contribution in [0.15, 0.2) is 9.52 Å². The molecule has 0 aliphatic heterocycles. The van der Waals surface area contributed by atoms with Crippen molar-refractivity contribution in [3.8, 4) is 0 Å². The summed E-state index contributed by atoms with van der Waals surface area (Å²) in [5.41, 5.74) is 7.77. The van der Waals surface area contributed by atoms with Gasteiger partial charge in [0.25, 0.3) is 0 Å². The summed E-state index contributed by atoms with van der Waals surface area (Å²) in [6, 6.07) is 0. The van der Waals surface area contributed by atoms with E-state index in [0.29, 0.717) is 25.7 Å². The van der Waals surface area contributed by atoms with Gasteiger partial charge in [0.15, 0.2) is 5.96 Å². The number of guanidine groups is 1. The predicted octanol–water partition coefficient (Wildman–Crippen LogP) is 0.946. The number of hydrogen-bond acceptors (Lipinski definition) is 4. The van der Waals surface area contributed by atoms with Gasteiger partial charge in [0.1, 0.15) is 5.76 Å². The Morgan fingerprint density at radius 1 is 1.56 bits per heavy atom. The lowest BCUT2D eigenvalue weighted by Crippen LogP contribution is -2.34. The number of aliphatic imine (C=N–C) groups is 1. The first-order valence-corrected chi connectivity index (χ1v) is 6.01. The topological polar surface area (TPSA) is 85.7 Å². The fraction of sp³-hybridized carbons (Fsp3) is 0.667. The van der Waals surface area contributed by atoms with Crippen molar-refractivity contribution in [2.75, 3.05) is 26.8 Å². The lowest BCUT2D eigenvalue weighted by atomic mass is 10.00. The van der Waals surface area contributed by atoms with Crippen LogP contribution in [0, 0.1) is 13.8 Å². The molecular weight excluding hydrogens is 232 g/mol. The van der Waals surface area contributed by atoms with Gasteiger partial charge in [-0.25, -0.2) is 0 Å². The first-order chi connectivity index (χ1) is 8.56. The first kappa shape index (κ1) is 14.5. The van der Waals surface area contributed by atoms with Crippen molar-refractivity contribution in [2.24, 2.45) is 10.7 Å². The van der Waals surface area contributed by atoms with Crippen molar-refractivity contribution >= 4 is 5.96 Å². The molecule has 18 heavy (non-hydrogen) atoms. The van der Waals surface area contributed by atoms with Gasteiger partial charge in [-0.2, -0.15) is 0 Å². The lowest BCUT2D eigenvalue weighted by molar-refractivity contribution is 0.204. The zero-order valence-corrected chi connectivity index (χ0v) is 11.5. The van der Waals surface area contributed by atoms with Gasteiger partial charge in [-0.1, -0.05) is 12.1 Å². The van der Waals surface area contributed by atoms with Gasteiger partial charge in [0.2, 0.25) is 0 Å². The van der Waals surface area contributed by atoms with Crippen molar-refractivity contribution in [3.63, 3.8) is 0 Å². The van der Waals surface area contributed by atoms with E-state index in [4.69, 9.17) is 15.0 Å². The number of nitrogens with zero attached hydrogens (tertiary/aromatic N) is 2. The Morgan fingerprint density at radius 3 is 2.83 bits per heavy atom. The molecule has 1 aromatic heterocycles. The minimum Gasteiger partial charge on any atom is -0.383 e. The molecule has 0 aliphatic carbocycles. The summed E-state index contributed by atoms with van der Waals surface area (Å²) in [6.45, 7) is 7.80. The van der Waals surface area contributed by atoms with Crippen molar-refractivity contribution in [3.05, 3.63) is 17.0 Å². The molecule has 0 aromatic carbocycles. The largest absolute Gasteiger partial charge is 0.383 e. The van der Waals surface area contributed by atoms with E-state index in [1.54, 1.807) is 7.11 Å². The minimum absolute atomic E-state index is 0.235. The van der Waals surface area contributed by atoms with Gasteiger partial charge < -0.3 is 20.3 Å². The molecule has 1 atom stereocenters. The zero-order valence-electron chi connectivity index (χ0n) is 11.5. The van der Waals surface area contributed by atoms with Crippen LogP contribution in [0.3, 0.4) is 0 Å². The minimum atomic E-state index is 0.235. The Bertz CT molecular complexity index is 381. The molecule has 0 saturated heterocycles. The molecule has 0 aliphatic rings. The number of aryl methyl sites for hydroxylation is 2. The molecule has 6 heteroatoms. The van der Waals surface area contributed by atoms with Gasteiger partial charge in [0.05, 0.1) is 12.3 Å². The summed E-state index contributed by atoms with van der Waals surface area (Å²) < 4.78 is 10.1. The normalized spacial score (nSPS) is 13.7. The molecular formula is C12H22N4O2. The standard InChI is InChI=1S/C12H22N4O2/c1-8(11-9(2)16-18-10(11)3)7-15-12(13)14-5-6-17-4/h8H,5-7H2,1-4H3,(H3,13,14,15). The zero-order chi connectivity index (χ0) is 13.5. The SMILES string of the molecule is COCCNC(N)=NCC(C)c1c(C)noc1C. The maximum atomic E-state index is 5.74. The fourth-order valence-corrected chi connectivity index (χ4v) is 1.86. The molecule has 102 valence electrons. The fourth-order valence-electron chi connectivity index (χ4n) is 1.86. The molecule has 1 heterocycles. The maximum absolute atomic E-state index is 5.74. The number of ether oxygens (including phenoxy) is 1. The van der Waals surface area contributed by atoms with Crippen molar-refractivity contribution in [1.82, 2.24) is 10.5 Å². The summed E-state index contributed by atoms with van der Waals surface area (Å²) in [4.78, 5) is 4.29. The second-order valence-corrected chi connectivity index (χ2v) is 4.28. The van der Waals surface area contributed by atoms with Crippen LogP contribution in [0.2, 0.25) is 0 Å². The number of hydrogen-bond donors (Lipinski definition) is 2. The van der Waals surface area contributed by atoms with E-state index in [9.17, 15) is 0 Å². The van der Waals surface area contributed by atoms with Crippen LogP contribution in [0.25, 0.3) is 0 Å². The molecule has 0 fully saturated rings. The number of nitrogens with one attached hydrogen (secondary N) is 1. The van der Waals surface area contributed by atoms with Crippen LogP contribution in [0.4, 0.5) is 0 Å².